The Balaban J connectivity index is 1.61. The number of nitrogens with zero attached hydrogens (tertiary/aromatic N) is 3. The summed E-state index contributed by atoms with van der Waals surface area (Å²) in [6.07, 6.45) is 2.62. The molecular formula is C20H22N4OS. The molecule has 1 heterocycles. The van der Waals surface area contributed by atoms with E-state index in [-0.39, 0.29) is 5.91 Å². The van der Waals surface area contributed by atoms with Crippen molar-refractivity contribution in [2.75, 3.05) is 5.75 Å². The average Bonchev–Trinajstić information content (AvgIpc) is 3.14. The van der Waals surface area contributed by atoms with Crippen LogP contribution in [-0.2, 0) is 17.8 Å². The number of amides is 1. The highest BCUT2D eigenvalue weighted by Crippen LogP contribution is 2.22. The molecule has 2 aromatic carbocycles. The maximum absolute atomic E-state index is 12.2. The quantitative estimate of drug-likeness (QED) is 0.650. The van der Waals surface area contributed by atoms with Crippen molar-refractivity contribution in [2.45, 2.75) is 32.0 Å². The third-order valence-corrected chi connectivity index (χ3v) is 5.16. The molecule has 1 amide bonds. The van der Waals surface area contributed by atoms with Crippen LogP contribution in [0.15, 0.2) is 60.0 Å². The number of hydrogen-bond acceptors (Lipinski definition) is 4. The molecule has 0 radical (unpaired) electrons. The lowest BCUT2D eigenvalue weighted by Crippen LogP contribution is -2.25. The van der Waals surface area contributed by atoms with Gasteiger partial charge in [0.1, 0.15) is 6.33 Å². The van der Waals surface area contributed by atoms with Crippen LogP contribution in [0.1, 0.15) is 23.6 Å². The Morgan fingerprint density at radius 3 is 2.62 bits per heavy atom. The third kappa shape index (κ3) is 4.32. The Morgan fingerprint density at radius 2 is 1.85 bits per heavy atom. The van der Waals surface area contributed by atoms with Gasteiger partial charge in [0, 0.05) is 6.54 Å². The van der Waals surface area contributed by atoms with Gasteiger partial charge in [0.25, 0.3) is 0 Å². The lowest BCUT2D eigenvalue weighted by atomic mass is 10.1. The van der Waals surface area contributed by atoms with Crippen molar-refractivity contribution in [3.8, 4) is 5.69 Å². The molecule has 0 aliphatic rings. The van der Waals surface area contributed by atoms with Crippen LogP contribution in [0.5, 0.6) is 0 Å². The van der Waals surface area contributed by atoms with Crippen molar-refractivity contribution >= 4 is 17.7 Å². The Bertz CT molecular complexity index is 891. The zero-order valence-corrected chi connectivity index (χ0v) is 15.8. The first-order valence-electron chi connectivity index (χ1n) is 8.61. The molecule has 0 spiro atoms. The largest absolute Gasteiger partial charge is 0.351 e. The highest BCUT2D eigenvalue weighted by atomic mass is 32.2. The minimum atomic E-state index is -0.0171. The van der Waals surface area contributed by atoms with Crippen LogP contribution in [-0.4, -0.2) is 26.4 Å². The fourth-order valence-corrected chi connectivity index (χ4v) is 3.47. The van der Waals surface area contributed by atoms with Gasteiger partial charge in [0.15, 0.2) is 5.16 Å². The molecule has 3 aromatic rings. The molecular weight excluding hydrogens is 344 g/mol. The van der Waals surface area contributed by atoms with Gasteiger partial charge >= 0.3 is 0 Å². The molecule has 0 bridgehead atoms. The van der Waals surface area contributed by atoms with E-state index >= 15 is 0 Å². The molecule has 3 rings (SSSR count). The first kappa shape index (κ1) is 18.2. The Labute approximate surface area is 157 Å². The molecule has 6 heteroatoms. The Hall–Kier alpha value is -2.60. The summed E-state index contributed by atoms with van der Waals surface area (Å²) < 4.78 is 1.94. The van der Waals surface area contributed by atoms with Crippen LogP contribution in [0.3, 0.4) is 0 Å². The van der Waals surface area contributed by atoms with Crippen molar-refractivity contribution < 1.29 is 4.79 Å². The predicted molar refractivity (Wildman–Crippen MR) is 104 cm³/mol. The van der Waals surface area contributed by atoms with E-state index in [4.69, 9.17) is 0 Å². The van der Waals surface area contributed by atoms with Gasteiger partial charge in [-0.1, -0.05) is 61.2 Å². The molecule has 5 nitrogen and oxygen atoms in total. The van der Waals surface area contributed by atoms with Gasteiger partial charge in [0.2, 0.25) is 5.91 Å². The molecule has 0 aliphatic carbocycles. The van der Waals surface area contributed by atoms with Crippen molar-refractivity contribution in [1.82, 2.24) is 20.1 Å². The molecule has 1 aromatic heterocycles. The third-order valence-electron chi connectivity index (χ3n) is 4.22. The lowest BCUT2D eigenvalue weighted by Gasteiger charge is -2.11. The van der Waals surface area contributed by atoms with Crippen LogP contribution >= 0.6 is 11.8 Å². The van der Waals surface area contributed by atoms with Crippen LogP contribution in [0.4, 0.5) is 0 Å². The van der Waals surface area contributed by atoms with E-state index in [2.05, 4.69) is 28.5 Å². The highest BCUT2D eigenvalue weighted by Gasteiger charge is 2.12. The van der Waals surface area contributed by atoms with Gasteiger partial charge in [-0.2, -0.15) is 0 Å². The van der Waals surface area contributed by atoms with Crippen LogP contribution < -0.4 is 5.32 Å². The van der Waals surface area contributed by atoms with Crippen LogP contribution in [0.2, 0.25) is 0 Å². The number of carbonyl (C=O) groups excluding carboxylic acids is 1. The number of aromatic nitrogens is 3. The number of benzene rings is 2. The van der Waals surface area contributed by atoms with Gasteiger partial charge in [-0.15, -0.1) is 10.2 Å². The van der Waals surface area contributed by atoms with E-state index in [1.54, 1.807) is 6.33 Å². The average molecular weight is 366 g/mol. The number of hydrogen-bond donors (Lipinski definition) is 1. The summed E-state index contributed by atoms with van der Waals surface area (Å²) in [5.74, 6) is 0.287. The number of carbonyl (C=O) groups is 1. The zero-order valence-electron chi connectivity index (χ0n) is 15.0. The molecule has 0 unspecified atom stereocenters. The first-order chi connectivity index (χ1) is 12.7. The fourth-order valence-electron chi connectivity index (χ4n) is 2.72. The maximum atomic E-state index is 12.2. The highest BCUT2D eigenvalue weighted by molar-refractivity contribution is 7.99. The normalized spacial score (nSPS) is 10.7. The molecule has 26 heavy (non-hydrogen) atoms. The fraction of sp³-hybridized carbons (Fsp3) is 0.250. The van der Waals surface area contributed by atoms with E-state index in [0.29, 0.717) is 12.3 Å². The summed E-state index contributed by atoms with van der Waals surface area (Å²) in [7, 11) is 0. The van der Waals surface area contributed by atoms with Gasteiger partial charge in [0.05, 0.1) is 11.4 Å². The van der Waals surface area contributed by atoms with Gasteiger partial charge in [-0.05, 0) is 36.1 Å². The molecule has 1 N–H and O–H groups in total. The summed E-state index contributed by atoms with van der Waals surface area (Å²) in [4.78, 5) is 12.2. The molecule has 134 valence electrons. The second-order valence-corrected chi connectivity index (χ2v) is 6.90. The van der Waals surface area contributed by atoms with E-state index < -0.39 is 0 Å². The lowest BCUT2D eigenvalue weighted by molar-refractivity contribution is -0.118. The molecule has 0 saturated carbocycles. The number of nitrogens with one attached hydrogen (secondary N) is 1. The minimum absolute atomic E-state index is 0.0171. The van der Waals surface area contributed by atoms with Gasteiger partial charge in [-0.3, -0.25) is 9.36 Å². The van der Waals surface area contributed by atoms with E-state index in [9.17, 15) is 4.79 Å². The van der Waals surface area contributed by atoms with Gasteiger partial charge in [-0.25, -0.2) is 0 Å². The number of aryl methyl sites for hydroxylation is 2. The van der Waals surface area contributed by atoms with Crippen molar-refractivity contribution in [3.63, 3.8) is 0 Å². The van der Waals surface area contributed by atoms with Crippen molar-refractivity contribution in [2.24, 2.45) is 0 Å². The van der Waals surface area contributed by atoms with Crippen molar-refractivity contribution in [1.29, 1.82) is 0 Å². The maximum Gasteiger partial charge on any atom is 0.230 e. The Kier molecular flexibility index (Phi) is 6.07. The Morgan fingerprint density at radius 1 is 1.12 bits per heavy atom. The van der Waals surface area contributed by atoms with Crippen LogP contribution in [0.25, 0.3) is 5.69 Å². The predicted octanol–water partition coefficient (Wildman–Crippen LogP) is 3.55. The summed E-state index contributed by atoms with van der Waals surface area (Å²) in [5, 5.41) is 11.9. The summed E-state index contributed by atoms with van der Waals surface area (Å²) in [6, 6.07) is 16.2. The van der Waals surface area contributed by atoms with Gasteiger partial charge < -0.3 is 5.32 Å². The van der Waals surface area contributed by atoms with E-state index in [0.717, 1.165) is 22.8 Å². The molecule has 0 fully saturated rings. The zero-order chi connectivity index (χ0) is 18.4. The van der Waals surface area contributed by atoms with E-state index in [1.807, 2.05) is 54.0 Å². The van der Waals surface area contributed by atoms with Crippen LogP contribution in [0, 0.1) is 6.92 Å². The minimum Gasteiger partial charge on any atom is -0.351 e. The molecule has 0 aliphatic heterocycles. The smallest absolute Gasteiger partial charge is 0.230 e. The second-order valence-electron chi connectivity index (χ2n) is 5.96. The van der Waals surface area contributed by atoms with E-state index in [1.165, 1.54) is 22.9 Å². The number of thioether (sulfide) groups is 1. The monoisotopic (exact) mass is 366 g/mol. The first-order valence-corrected chi connectivity index (χ1v) is 9.60. The SMILES string of the molecule is CCc1ccccc1-n1cnnc1SCC(=O)NCc1ccccc1C. The summed E-state index contributed by atoms with van der Waals surface area (Å²) in [5.41, 5.74) is 4.59. The molecule has 0 atom stereocenters. The molecule has 0 saturated heterocycles. The van der Waals surface area contributed by atoms with Crippen molar-refractivity contribution in [3.05, 3.63) is 71.5 Å². The number of para-hydroxylation sites is 1. The standard InChI is InChI=1S/C20H22N4OS/c1-3-16-9-6-7-11-18(16)24-14-22-23-20(24)26-13-19(25)21-12-17-10-5-4-8-15(17)2/h4-11,14H,3,12-13H2,1-2H3,(H,21,25). The number of rotatable bonds is 7. The summed E-state index contributed by atoms with van der Waals surface area (Å²) in [6.45, 7) is 4.70. The summed E-state index contributed by atoms with van der Waals surface area (Å²) >= 11 is 1.39. The topological polar surface area (TPSA) is 59.8 Å². The second kappa shape index (κ2) is 8.67.